The maximum Gasteiger partial charge on any atom is 0.121 e. The zero-order valence-electron chi connectivity index (χ0n) is 16.5. The van der Waals surface area contributed by atoms with Crippen LogP contribution in [0.4, 0.5) is 11.4 Å². The lowest BCUT2D eigenvalue weighted by atomic mass is 10.0. The molecule has 1 unspecified atom stereocenters. The predicted octanol–water partition coefficient (Wildman–Crippen LogP) is 5.51. The standard InChI is InChI=1S/C21H28ClN3OS2/c1-4-21(27)17-7-6-16(12-19(17)23)26-10-9-24-13-14(2)15-5-8-18(22)20(11-15)25-28-3/h5-8,11-12,14,24-25H,4,9-10,13,23H2,1-3H3. The smallest absolute Gasteiger partial charge is 0.121 e. The van der Waals surface area contributed by atoms with E-state index in [0.29, 0.717) is 18.2 Å². The number of nitrogens with one attached hydrogen (secondary N) is 2. The van der Waals surface area contributed by atoms with E-state index in [1.54, 1.807) is 0 Å². The molecule has 2 aromatic rings. The topological polar surface area (TPSA) is 59.3 Å². The van der Waals surface area contributed by atoms with Gasteiger partial charge in [-0.05, 0) is 42.2 Å². The third kappa shape index (κ3) is 6.55. The molecule has 0 spiro atoms. The van der Waals surface area contributed by atoms with E-state index in [0.717, 1.165) is 46.4 Å². The van der Waals surface area contributed by atoms with Crippen molar-refractivity contribution in [2.75, 3.05) is 36.4 Å². The second kappa shape index (κ2) is 11.5. The van der Waals surface area contributed by atoms with Gasteiger partial charge in [0.2, 0.25) is 0 Å². The number of rotatable bonds is 11. The number of nitrogens with two attached hydrogens (primary N) is 1. The Labute approximate surface area is 182 Å². The summed E-state index contributed by atoms with van der Waals surface area (Å²) in [4.78, 5) is 0.873. The molecule has 0 aliphatic carbocycles. The Bertz CT molecular complexity index is 801. The molecule has 0 radical (unpaired) electrons. The zero-order chi connectivity index (χ0) is 20.5. The van der Waals surface area contributed by atoms with E-state index in [1.165, 1.54) is 17.5 Å². The van der Waals surface area contributed by atoms with Gasteiger partial charge in [0.15, 0.2) is 0 Å². The van der Waals surface area contributed by atoms with Gasteiger partial charge < -0.3 is 20.5 Å². The molecule has 28 heavy (non-hydrogen) atoms. The lowest BCUT2D eigenvalue weighted by Gasteiger charge is -2.16. The van der Waals surface area contributed by atoms with Crippen LogP contribution in [0.15, 0.2) is 36.4 Å². The fraction of sp³-hybridized carbons (Fsp3) is 0.381. The number of hydrogen-bond acceptors (Lipinski definition) is 6. The number of nitrogen functional groups attached to an aromatic ring is 1. The van der Waals surface area contributed by atoms with Crippen molar-refractivity contribution in [1.82, 2.24) is 5.32 Å². The van der Waals surface area contributed by atoms with Gasteiger partial charge in [0, 0.05) is 41.5 Å². The number of thiocarbonyl (C=S) groups is 1. The van der Waals surface area contributed by atoms with Crippen LogP contribution in [0.25, 0.3) is 0 Å². The van der Waals surface area contributed by atoms with Gasteiger partial charge >= 0.3 is 0 Å². The number of benzene rings is 2. The molecule has 7 heteroatoms. The molecule has 0 bridgehead atoms. The summed E-state index contributed by atoms with van der Waals surface area (Å²) >= 11 is 13.1. The van der Waals surface area contributed by atoms with Crippen LogP contribution in [0.3, 0.4) is 0 Å². The minimum atomic E-state index is 0.365. The van der Waals surface area contributed by atoms with Gasteiger partial charge in [-0.2, -0.15) is 0 Å². The predicted molar refractivity (Wildman–Crippen MR) is 128 cm³/mol. The van der Waals surface area contributed by atoms with Crippen molar-refractivity contribution in [3.8, 4) is 5.75 Å². The van der Waals surface area contributed by atoms with E-state index in [1.807, 2.05) is 37.4 Å². The largest absolute Gasteiger partial charge is 0.492 e. The maximum absolute atomic E-state index is 6.21. The molecule has 0 aromatic heterocycles. The van der Waals surface area contributed by atoms with Crippen molar-refractivity contribution in [2.45, 2.75) is 26.2 Å². The molecule has 0 fully saturated rings. The van der Waals surface area contributed by atoms with E-state index in [4.69, 9.17) is 34.3 Å². The molecule has 0 saturated heterocycles. The fourth-order valence-electron chi connectivity index (χ4n) is 2.79. The van der Waals surface area contributed by atoms with Gasteiger partial charge in [-0.15, -0.1) is 0 Å². The van der Waals surface area contributed by atoms with Crippen LogP contribution in [0.2, 0.25) is 5.02 Å². The van der Waals surface area contributed by atoms with Crippen molar-refractivity contribution in [3.63, 3.8) is 0 Å². The molecule has 4 nitrogen and oxygen atoms in total. The third-order valence-corrected chi connectivity index (χ3v) is 5.68. The van der Waals surface area contributed by atoms with Crippen LogP contribution in [-0.2, 0) is 0 Å². The molecular formula is C21H28ClN3OS2. The van der Waals surface area contributed by atoms with E-state index in [-0.39, 0.29) is 0 Å². The number of halogens is 1. The minimum absolute atomic E-state index is 0.365. The van der Waals surface area contributed by atoms with Crippen molar-refractivity contribution in [1.29, 1.82) is 0 Å². The summed E-state index contributed by atoms with van der Waals surface area (Å²) < 4.78 is 9.00. The molecular weight excluding hydrogens is 410 g/mol. The monoisotopic (exact) mass is 437 g/mol. The van der Waals surface area contributed by atoms with Gasteiger partial charge in [-0.1, -0.05) is 55.7 Å². The maximum atomic E-state index is 6.21. The SMILES string of the molecule is CCC(=S)c1ccc(OCCNCC(C)c2ccc(Cl)c(NSC)c2)cc1N. The van der Waals surface area contributed by atoms with Crippen LogP contribution in [0, 0.1) is 0 Å². The van der Waals surface area contributed by atoms with E-state index >= 15 is 0 Å². The van der Waals surface area contributed by atoms with Gasteiger partial charge in [0.25, 0.3) is 0 Å². The van der Waals surface area contributed by atoms with E-state index in [9.17, 15) is 0 Å². The number of ether oxygens (including phenoxy) is 1. The van der Waals surface area contributed by atoms with Crippen molar-refractivity contribution in [3.05, 3.63) is 52.5 Å². The van der Waals surface area contributed by atoms with Gasteiger partial charge in [0.05, 0.1) is 10.7 Å². The van der Waals surface area contributed by atoms with Crippen LogP contribution in [0.5, 0.6) is 5.75 Å². The first-order valence-electron chi connectivity index (χ1n) is 9.31. The molecule has 2 rings (SSSR count). The van der Waals surface area contributed by atoms with Crippen molar-refractivity contribution >= 4 is 52.0 Å². The Morgan fingerprint density at radius 2 is 2.07 bits per heavy atom. The molecule has 152 valence electrons. The normalized spacial score (nSPS) is 11.9. The summed E-state index contributed by atoms with van der Waals surface area (Å²) in [5.41, 5.74) is 9.86. The average molecular weight is 438 g/mol. The van der Waals surface area contributed by atoms with Crippen LogP contribution in [-0.4, -0.2) is 30.8 Å². The van der Waals surface area contributed by atoms with Crippen molar-refractivity contribution < 1.29 is 4.74 Å². The Kier molecular flexibility index (Phi) is 9.38. The highest BCUT2D eigenvalue weighted by Crippen LogP contribution is 2.28. The zero-order valence-corrected chi connectivity index (χ0v) is 18.9. The highest BCUT2D eigenvalue weighted by atomic mass is 35.5. The third-order valence-electron chi connectivity index (χ3n) is 4.41. The molecule has 0 amide bonds. The molecule has 2 aromatic carbocycles. The number of hydrogen-bond donors (Lipinski definition) is 3. The average Bonchev–Trinajstić information content (AvgIpc) is 2.69. The quantitative estimate of drug-likeness (QED) is 0.141. The fourth-order valence-corrected chi connectivity index (χ4v) is 3.59. The second-order valence-corrected chi connectivity index (χ2v) is 8.04. The molecule has 0 aliphatic rings. The Balaban J connectivity index is 1.78. The lowest BCUT2D eigenvalue weighted by molar-refractivity contribution is 0.313. The van der Waals surface area contributed by atoms with Gasteiger partial charge in [0.1, 0.15) is 12.4 Å². The molecule has 4 N–H and O–H groups in total. The summed E-state index contributed by atoms with van der Waals surface area (Å²) in [5, 5.41) is 4.17. The highest BCUT2D eigenvalue weighted by Gasteiger charge is 2.09. The van der Waals surface area contributed by atoms with Crippen LogP contribution in [0.1, 0.15) is 37.3 Å². The van der Waals surface area contributed by atoms with Crippen LogP contribution >= 0.6 is 35.8 Å². The Morgan fingerprint density at radius 3 is 2.75 bits per heavy atom. The van der Waals surface area contributed by atoms with E-state index < -0.39 is 0 Å². The second-order valence-electron chi connectivity index (χ2n) is 6.52. The Hall–Kier alpha value is -1.47. The van der Waals surface area contributed by atoms with E-state index in [2.05, 4.69) is 29.1 Å². The molecule has 0 saturated carbocycles. The summed E-state index contributed by atoms with van der Waals surface area (Å²) in [7, 11) is 0. The molecule has 1 atom stereocenters. The highest BCUT2D eigenvalue weighted by molar-refractivity contribution is 7.99. The molecule has 0 heterocycles. The summed E-state index contributed by atoms with van der Waals surface area (Å²) in [6.07, 6.45) is 2.79. The first-order valence-corrected chi connectivity index (χ1v) is 11.3. The number of anilines is 2. The lowest BCUT2D eigenvalue weighted by Crippen LogP contribution is -2.25. The minimum Gasteiger partial charge on any atom is -0.492 e. The Morgan fingerprint density at radius 1 is 1.29 bits per heavy atom. The summed E-state index contributed by atoms with van der Waals surface area (Å²) in [5.74, 6) is 1.13. The molecule has 0 aliphatic heterocycles. The van der Waals surface area contributed by atoms with Crippen molar-refractivity contribution in [2.24, 2.45) is 0 Å². The first kappa shape index (κ1) is 22.8. The van der Waals surface area contributed by atoms with Gasteiger partial charge in [-0.25, -0.2) is 0 Å². The van der Waals surface area contributed by atoms with Crippen LogP contribution < -0.4 is 20.5 Å². The summed E-state index contributed by atoms with van der Waals surface area (Å²) in [6.45, 7) is 6.40. The first-order chi connectivity index (χ1) is 13.5. The summed E-state index contributed by atoms with van der Waals surface area (Å²) in [6, 6.07) is 11.8. The van der Waals surface area contributed by atoms with Gasteiger partial charge in [-0.3, -0.25) is 0 Å².